The molecule has 0 aliphatic heterocycles. The Morgan fingerprint density at radius 3 is 2.38 bits per heavy atom. The third-order valence-corrected chi connectivity index (χ3v) is 4.63. The van der Waals surface area contributed by atoms with Crippen LogP contribution in [0, 0.1) is 6.92 Å². The predicted molar refractivity (Wildman–Crippen MR) is 121 cm³/mol. The first-order valence-corrected chi connectivity index (χ1v) is 10.1. The number of hydrogen-bond donors (Lipinski definition) is 1. The topological polar surface area (TPSA) is 30.5 Å². The number of rotatable bonds is 10. The number of anilines is 1. The SMILES string of the molecule is C=CCc1cc(CNc2ccc(C)cc2)cc(OCC)c1OCc1ccccc1. The summed E-state index contributed by atoms with van der Waals surface area (Å²) < 4.78 is 12.1. The van der Waals surface area contributed by atoms with E-state index in [2.05, 4.69) is 67.4 Å². The molecule has 1 N–H and O–H groups in total. The molecule has 0 amide bonds. The third kappa shape index (κ3) is 5.89. The van der Waals surface area contributed by atoms with Crippen LogP contribution in [0.1, 0.15) is 29.2 Å². The molecular formula is C26H29NO2. The highest BCUT2D eigenvalue weighted by Gasteiger charge is 2.14. The fourth-order valence-electron chi connectivity index (χ4n) is 3.16. The molecule has 0 heterocycles. The third-order valence-electron chi connectivity index (χ3n) is 4.63. The molecule has 29 heavy (non-hydrogen) atoms. The predicted octanol–water partition coefficient (Wildman–Crippen LogP) is 6.31. The zero-order valence-electron chi connectivity index (χ0n) is 17.3. The highest BCUT2D eigenvalue weighted by Crippen LogP contribution is 2.35. The first kappa shape index (κ1) is 20.5. The van der Waals surface area contributed by atoms with Crippen LogP contribution in [0.25, 0.3) is 0 Å². The van der Waals surface area contributed by atoms with Crippen LogP contribution in [0.4, 0.5) is 5.69 Å². The normalized spacial score (nSPS) is 10.4. The van der Waals surface area contributed by atoms with Gasteiger partial charge in [-0.05, 0) is 55.7 Å². The largest absolute Gasteiger partial charge is 0.490 e. The van der Waals surface area contributed by atoms with Crippen molar-refractivity contribution in [3.8, 4) is 11.5 Å². The van der Waals surface area contributed by atoms with Crippen LogP contribution in [0.5, 0.6) is 11.5 Å². The fraction of sp³-hybridized carbons (Fsp3) is 0.231. The molecule has 0 bridgehead atoms. The van der Waals surface area contributed by atoms with Crippen molar-refractivity contribution < 1.29 is 9.47 Å². The summed E-state index contributed by atoms with van der Waals surface area (Å²) in [5.41, 5.74) is 5.72. The average molecular weight is 388 g/mol. The quantitative estimate of drug-likeness (QED) is 0.413. The molecule has 0 saturated carbocycles. The van der Waals surface area contributed by atoms with Crippen molar-refractivity contribution in [1.82, 2.24) is 0 Å². The van der Waals surface area contributed by atoms with E-state index in [0.29, 0.717) is 19.8 Å². The lowest BCUT2D eigenvalue weighted by molar-refractivity contribution is 0.267. The second-order valence-electron chi connectivity index (χ2n) is 7.00. The molecule has 3 rings (SSSR count). The number of nitrogens with one attached hydrogen (secondary N) is 1. The van der Waals surface area contributed by atoms with E-state index in [-0.39, 0.29) is 0 Å². The van der Waals surface area contributed by atoms with Crippen LogP contribution < -0.4 is 14.8 Å². The summed E-state index contributed by atoms with van der Waals surface area (Å²) in [5.74, 6) is 1.58. The number of ether oxygens (including phenoxy) is 2. The van der Waals surface area contributed by atoms with E-state index in [1.54, 1.807) is 0 Å². The van der Waals surface area contributed by atoms with Crippen LogP contribution in [0.2, 0.25) is 0 Å². The molecule has 3 aromatic carbocycles. The number of allylic oxidation sites excluding steroid dienone is 1. The molecular weight excluding hydrogens is 358 g/mol. The lowest BCUT2D eigenvalue weighted by Gasteiger charge is -2.18. The summed E-state index contributed by atoms with van der Waals surface area (Å²) in [6.45, 7) is 9.80. The van der Waals surface area contributed by atoms with Crippen LogP contribution in [-0.2, 0) is 19.6 Å². The van der Waals surface area contributed by atoms with E-state index in [1.165, 1.54) is 5.56 Å². The zero-order valence-corrected chi connectivity index (χ0v) is 17.3. The van der Waals surface area contributed by atoms with Crippen molar-refractivity contribution in [3.63, 3.8) is 0 Å². The van der Waals surface area contributed by atoms with Gasteiger partial charge in [-0.3, -0.25) is 0 Å². The highest BCUT2D eigenvalue weighted by atomic mass is 16.5. The maximum atomic E-state index is 6.20. The monoisotopic (exact) mass is 387 g/mol. The van der Waals surface area contributed by atoms with Gasteiger partial charge < -0.3 is 14.8 Å². The molecule has 0 aliphatic rings. The first-order chi connectivity index (χ1) is 14.2. The summed E-state index contributed by atoms with van der Waals surface area (Å²) in [5, 5.41) is 3.48. The minimum absolute atomic E-state index is 0.506. The van der Waals surface area contributed by atoms with Gasteiger partial charge in [0, 0.05) is 17.8 Å². The van der Waals surface area contributed by atoms with E-state index < -0.39 is 0 Å². The van der Waals surface area contributed by atoms with Crippen molar-refractivity contribution in [2.24, 2.45) is 0 Å². The Balaban J connectivity index is 1.82. The molecule has 3 nitrogen and oxygen atoms in total. The number of benzene rings is 3. The van der Waals surface area contributed by atoms with Crippen molar-refractivity contribution in [2.45, 2.75) is 33.4 Å². The number of hydrogen-bond acceptors (Lipinski definition) is 3. The van der Waals surface area contributed by atoms with Gasteiger partial charge in [-0.1, -0.05) is 54.1 Å². The zero-order chi connectivity index (χ0) is 20.5. The lowest BCUT2D eigenvalue weighted by atomic mass is 10.0. The summed E-state index contributed by atoms with van der Waals surface area (Å²) in [7, 11) is 0. The Morgan fingerprint density at radius 1 is 0.931 bits per heavy atom. The highest BCUT2D eigenvalue weighted by molar-refractivity contribution is 5.52. The average Bonchev–Trinajstić information content (AvgIpc) is 2.74. The van der Waals surface area contributed by atoms with E-state index in [1.807, 2.05) is 31.2 Å². The van der Waals surface area contributed by atoms with E-state index in [4.69, 9.17) is 9.47 Å². The Labute approximate surface area is 174 Å². The van der Waals surface area contributed by atoms with Crippen molar-refractivity contribution >= 4 is 5.69 Å². The maximum absolute atomic E-state index is 6.20. The molecule has 0 spiro atoms. The Morgan fingerprint density at radius 2 is 1.69 bits per heavy atom. The van der Waals surface area contributed by atoms with Crippen molar-refractivity contribution in [3.05, 3.63) is 102 Å². The standard InChI is InChI=1S/C26H29NO2/c1-4-9-23-16-22(18-27-24-14-12-20(3)13-15-24)17-25(28-5-2)26(23)29-19-21-10-7-6-8-11-21/h4,6-8,10-17,27H,1,5,9,18-19H2,2-3H3. The van der Waals surface area contributed by atoms with Crippen LogP contribution in [0.15, 0.2) is 79.4 Å². The summed E-state index contributed by atoms with van der Waals surface area (Å²) in [6, 6.07) is 22.8. The van der Waals surface area contributed by atoms with Crippen molar-refractivity contribution in [2.75, 3.05) is 11.9 Å². The molecule has 0 aliphatic carbocycles. The van der Waals surface area contributed by atoms with Gasteiger partial charge in [0.05, 0.1) is 6.61 Å². The smallest absolute Gasteiger partial charge is 0.165 e. The fourth-order valence-corrected chi connectivity index (χ4v) is 3.16. The molecule has 0 atom stereocenters. The van der Waals surface area contributed by atoms with Crippen LogP contribution >= 0.6 is 0 Å². The van der Waals surface area contributed by atoms with Gasteiger partial charge in [-0.25, -0.2) is 0 Å². The summed E-state index contributed by atoms with van der Waals surface area (Å²) >= 11 is 0. The maximum Gasteiger partial charge on any atom is 0.165 e. The number of aryl methyl sites for hydroxylation is 1. The Kier molecular flexibility index (Phi) is 7.34. The molecule has 3 aromatic rings. The molecule has 0 aromatic heterocycles. The molecule has 0 unspecified atom stereocenters. The van der Waals surface area contributed by atoms with Crippen molar-refractivity contribution in [1.29, 1.82) is 0 Å². The molecule has 150 valence electrons. The molecule has 3 heteroatoms. The van der Waals surface area contributed by atoms with Gasteiger partial charge in [0.15, 0.2) is 11.5 Å². The van der Waals surface area contributed by atoms with Gasteiger partial charge >= 0.3 is 0 Å². The molecule has 0 fully saturated rings. The van der Waals surface area contributed by atoms with E-state index in [0.717, 1.165) is 40.3 Å². The first-order valence-electron chi connectivity index (χ1n) is 10.1. The van der Waals surface area contributed by atoms with Gasteiger partial charge in [-0.15, -0.1) is 6.58 Å². The molecule has 0 radical (unpaired) electrons. The molecule has 0 saturated heterocycles. The minimum Gasteiger partial charge on any atom is -0.490 e. The van der Waals surface area contributed by atoms with Gasteiger partial charge in [-0.2, -0.15) is 0 Å². The van der Waals surface area contributed by atoms with Gasteiger partial charge in [0.2, 0.25) is 0 Å². The summed E-state index contributed by atoms with van der Waals surface area (Å²) in [4.78, 5) is 0. The van der Waals surface area contributed by atoms with E-state index >= 15 is 0 Å². The second-order valence-corrected chi connectivity index (χ2v) is 7.00. The minimum atomic E-state index is 0.506. The van der Waals surface area contributed by atoms with Crippen LogP contribution in [-0.4, -0.2) is 6.61 Å². The Hall–Kier alpha value is -3.20. The van der Waals surface area contributed by atoms with Gasteiger partial charge in [0.25, 0.3) is 0 Å². The Bertz CT molecular complexity index is 917. The van der Waals surface area contributed by atoms with E-state index in [9.17, 15) is 0 Å². The van der Waals surface area contributed by atoms with Crippen LogP contribution in [0.3, 0.4) is 0 Å². The second kappa shape index (κ2) is 10.4. The van der Waals surface area contributed by atoms with Gasteiger partial charge in [0.1, 0.15) is 6.61 Å². The summed E-state index contributed by atoms with van der Waals surface area (Å²) in [6.07, 6.45) is 2.63. The lowest BCUT2D eigenvalue weighted by Crippen LogP contribution is -2.06.